The van der Waals surface area contributed by atoms with Gasteiger partial charge in [0.05, 0.1) is 0 Å². The van der Waals surface area contributed by atoms with Gasteiger partial charge in [-0.2, -0.15) is 16.2 Å². The van der Waals surface area contributed by atoms with Gasteiger partial charge in [-0.1, -0.05) is 11.6 Å². The molecule has 4 nitrogen and oxygen atoms in total. The van der Waals surface area contributed by atoms with E-state index in [1.54, 1.807) is 11.8 Å². The maximum atomic E-state index is 13.4. The molecule has 1 aromatic rings. The van der Waals surface area contributed by atoms with Crippen LogP contribution >= 0.6 is 23.4 Å². The number of rotatable bonds is 2. The predicted molar refractivity (Wildman–Crippen MR) is 71.1 cm³/mol. The van der Waals surface area contributed by atoms with Crippen molar-refractivity contribution in [3.05, 3.63) is 31.8 Å². The van der Waals surface area contributed by atoms with Crippen molar-refractivity contribution in [2.45, 2.75) is 37.0 Å². The third kappa shape index (κ3) is 2.49. The predicted octanol–water partition coefficient (Wildman–Crippen LogP) is 2.18. The molecule has 0 atom stereocenters. The Hall–Kier alpha value is -0.750. The van der Waals surface area contributed by atoms with Gasteiger partial charge >= 0.3 is 5.69 Å². The molecule has 1 aliphatic rings. The van der Waals surface area contributed by atoms with Crippen LogP contribution < -0.4 is 11.2 Å². The topological polar surface area (TPSA) is 54.9 Å². The number of H-pyrrole nitrogens is 1. The van der Waals surface area contributed by atoms with E-state index in [0.717, 1.165) is 30.3 Å². The molecule has 0 radical (unpaired) electrons. The van der Waals surface area contributed by atoms with Gasteiger partial charge in [-0.25, -0.2) is 4.79 Å². The average molecular weight is 293 g/mol. The van der Waals surface area contributed by atoms with Crippen LogP contribution in [0.3, 0.4) is 0 Å². The second-order valence-corrected chi connectivity index (χ2v) is 5.92. The van der Waals surface area contributed by atoms with Gasteiger partial charge in [0.2, 0.25) is 5.82 Å². The fourth-order valence-corrected chi connectivity index (χ4v) is 3.28. The summed E-state index contributed by atoms with van der Waals surface area (Å²) in [6.45, 7) is 0. The number of nitrogens with zero attached hydrogens (tertiary/aromatic N) is 1. The van der Waals surface area contributed by atoms with Crippen molar-refractivity contribution in [1.29, 1.82) is 0 Å². The maximum absolute atomic E-state index is 13.4. The van der Waals surface area contributed by atoms with Crippen LogP contribution in [0.1, 0.15) is 31.7 Å². The number of aromatic nitrogens is 2. The minimum Gasteiger partial charge on any atom is -0.295 e. The molecule has 0 bridgehead atoms. The molecule has 7 heteroatoms. The summed E-state index contributed by atoms with van der Waals surface area (Å²) >= 11 is 7.22. The van der Waals surface area contributed by atoms with Gasteiger partial charge in [-0.3, -0.25) is 14.3 Å². The van der Waals surface area contributed by atoms with Crippen LogP contribution in [-0.4, -0.2) is 21.1 Å². The number of hydrogen-bond acceptors (Lipinski definition) is 3. The number of aromatic amines is 1. The summed E-state index contributed by atoms with van der Waals surface area (Å²) in [4.78, 5) is 25.6. The smallest absolute Gasteiger partial charge is 0.295 e. The zero-order chi connectivity index (χ0) is 13.3. The van der Waals surface area contributed by atoms with Crippen LogP contribution in [0.15, 0.2) is 9.59 Å². The molecule has 0 saturated heterocycles. The van der Waals surface area contributed by atoms with Crippen molar-refractivity contribution in [3.8, 4) is 0 Å². The Kier molecular flexibility index (Phi) is 4.17. The molecule has 1 saturated carbocycles. The molecular weight excluding hydrogens is 279 g/mol. The molecule has 0 amide bonds. The Morgan fingerprint density at radius 2 is 1.94 bits per heavy atom. The highest BCUT2D eigenvalue weighted by atomic mass is 35.5. The lowest BCUT2D eigenvalue weighted by molar-refractivity contribution is 0.335. The summed E-state index contributed by atoms with van der Waals surface area (Å²) in [5, 5.41) is 0.0484. The molecule has 1 aromatic heterocycles. The molecule has 0 unspecified atom stereocenters. The Morgan fingerprint density at radius 3 is 2.50 bits per heavy atom. The van der Waals surface area contributed by atoms with E-state index in [1.165, 1.54) is 0 Å². The lowest BCUT2D eigenvalue weighted by Crippen LogP contribution is -2.41. The summed E-state index contributed by atoms with van der Waals surface area (Å²) in [6.07, 6.45) is 5.35. The molecule has 2 rings (SSSR count). The van der Waals surface area contributed by atoms with Crippen molar-refractivity contribution in [2.24, 2.45) is 0 Å². The summed E-state index contributed by atoms with van der Waals surface area (Å²) < 4.78 is 14.4. The number of hydrogen-bond donors (Lipinski definition) is 1. The zero-order valence-electron chi connectivity index (χ0n) is 9.91. The van der Waals surface area contributed by atoms with Gasteiger partial charge in [0.25, 0.3) is 5.56 Å². The van der Waals surface area contributed by atoms with E-state index in [0.29, 0.717) is 5.25 Å². The van der Waals surface area contributed by atoms with E-state index in [4.69, 9.17) is 11.6 Å². The first-order valence-corrected chi connectivity index (χ1v) is 7.43. The van der Waals surface area contributed by atoms with E-state index < -0.39 is 22.2 Å². The first kappa shape index (κ1) is 13.7. The van der Waals surface area contributed by atoms with E-state index in [1.807, 2.05) is 6.26 Å². The largest absolute Gasteiger partial charge is 0.329 e. The van der Waals surface area contributed by atoms with Gasteiger partial charge in [0.1, 0.15) is 0 Å². The Labute approximate surface area is 113 Å². The summed E-state index contributed by atoms with van der Waals surface area (Å²) in [6, 6.07) is -0.226. The first-order chi connectivity index (χ1) is 8.54. The Balaban J connectivity index is 2.33. The molecular formula is C11H14ClFN2O2S. The van der Waals surface area contributed by atoms with E-state index in [2.05, 4.69) is 4.98 Å². The molecule has 18 heavy (non-hydrogen) atoms. The van der Waals surface area contributed by atoms with Gasteiger partial charge in [-0.05, 0) is 31.9 Å². The standard InChI is InChI=1S/C11H14ClFN2O2S/c1-18-7-4-2-6(3-5-7)15-10(16)8(13)9(12)14-11(15)17/h6-7H,2-5H2,1H3,(H,14,17). The normalized spacial score (nSPS) is 24.2. The molecule has 0 spiro atoms. The zero-order valence-corrected chi connectivity index (χ0v) is 11.5. The van der Waals surface area contributed by atoms with Crippen LogP contribution in [0, 0.1) is 5.82 Å². The lowest BCUT2D eigenvalue weighted by atomic mass is 9.95. The lowest BCUT2D eigenvalue weighted by Gasteiger charge is -2.28. The quantitative estimate of drug-likeness (QED) is 0.850. The van der Waals surface area contributed by atoms with Crippen molar-refractivity contribution in [2.75, 3.05) is 6.26 Å². The Morgan fingerprint density at radius 1 is 1.33 bits per heavy atom. The van der Waals surface area contributed by atoms with Gasteiger partial charge in [-0.15, -0.1) is 0 Å². The van der Waals surface area contributed by atoms with Gasteiger partial charge < -0.3 is 0 Å². The van der Waals surface area contributed by atoms with Gasteiger partial charge in [0.15, 0.2) is 5.15 Å². The second kappa shape index (κ2) is 5.48. The minimum atomic E-state index is -1.08. The molecule has 0 aliphatic heterocycles. The third-order valence-electron chi connectivity index (χ3n) is 3.38. The summed E-state index contributed by atoms with van der Waals surface area (Å²) in [5.74, 6) is -1.08. The van der Waals surface area contributed by atoms with Crippen LogP contribution in [0.25, 0.3) is 0 Å². The monoisotopic (exact) mass is 292 g/mol. The van der Waals surface area contributed by atoms with Crippen molar-refractivity contribution in [1.82, 2.24) is 9.55 Å². The molecule has 1 heterocycles. The van der Waals surface area contributed by atoms with E-state index >= 15 is 0 Å². The van der Waals surface area contributed by atoms with E-state index in [-0.39, 0.29) is 6.04 Å². The highest BCUT2D eigenvalue weighted by Gasteiger charge is 2.25. The van der Waals surface area contributed by atoms with Crippen LogP contribution in [-0.2, 0) is 0 Å². The first-order valence-electron chi connectivity index (χ1n) is 5.77. The summed E-state index contributed by atoms with van der Waals surface area (Å²) in [5.41, 5.74) is -1.55. The Bertz CT molecular complexity index is 549. The highest BCUT2D eigenvalue weighted by Crippen LogP contribution is 2.32. The van der Waals surface area contributed by atoms with Crippen molar-refractivity contribution < 1.29 is 4.39 Å². The molecule has 1 N–H and O–H groups in total. The SMILES string of the molecule is CSC1CCC(n2c(=O)[nH]c(Cl)c(F)c2=O)CC1. The summed E-state index contributed by atoms with van der Waals surface area (Å²) in [7, 11) is 0. The average Bonchev–Trinajstić information content (AvgIpc) is 2.37. The third-order valence-corrected chi connectivity index (χ3v) is 4.78. The number of nitrogens with one attached hydrogen (secondary N) is 1. The number of thioether (sulfide) groups is 1. The molecule has 100 valence electrons. The fourth-order valence-electron chi connectivity index (χ4n) is 2.37. The van der Waals surface area contributed by atoms with Crippen molar-refractivity contribution in [3.63, 3.8) is 0 Å². The van der Waals surface area contributed by atoms with Crippen LogP contribution in [0.4, 0.5) is 4.39 Å². The minimum absolute atomic E-state index is 0.226. The maximum Gasteiger partial charge on any atom is 0.329 e. The van der Waals surface area contributed by atoms with Crippen LogP contribution in [0.2, 0.25) is 5.15 Å². The molecule has 1 fully saturated rings. The van der Waals surface area contributed by atoms with Gasteiger partial charge in [0, 0.05) is 11.3 Å². The number of halogens is 2. The molecule has 1 aliphatic carbocycles. The fraction of sp³-hybridized carbons (Fsp3) is 0.636. The highest BCUT2D eigenvalue weighted by molar-refractivity contribution is 7.99. The van der Waals surface area contributed by atoms with E-state index in [9.17, 15) is 14.0 Å². The van der Waals surface area contributed by atoms with Crippen LogP contribution in [0.5, 0.6) is 0 Å². The second-order valence-electron chi connectivity index (χ2n) is 4.40. The van der Waals surface area contributed by atoms with Crippen molar-refractivity contribution >= 4 is 23.4 Å². The molecule has 0 aromatic carbocycles.